The first-order valence-corrected chi connectivity index (χ1v) is 4.29. The molecule has 0 spiro atoms. The van der Waals surface area contributed by atoms with Gasteiger partial charge in [-0.25, -0.2) is 0 Å². The highest BCUT2D eigenvalue weighted by Gasteiger charge is 2.36. The third-order valence-electron chi connectivity index (χ3n) is 3.11. The number of piperidine rings is 1. The molecule has 2 aliphatic heterocycles. The SMILES string of the molecule is CN1C2CCC1CC(=NN)C2. The minimum absolute atomic E-state index is 0.732. The Kier molecular flexibility index (Phi) is 1.60. The summed E-state index contributed by atoms with van der Waals surface area (Å²) in [7, 11) is 2.22. The van der Waals surface area contributed by atoms with E-state index in [4.69, 9.17) is 5.84 Å². The van der Waals surface area contributed by atoms with Gasteiger partial charge in [0.25, 0.3) is 0 Å². The predicted molar refractivity (Wildman–Crippen MR) is 45.4 cm³/mol. The van der Waals surface area contributed by atoms with E-state index in [1.54, 1.807) is 0 Å². The van der Waals surface area contributed by atoms with Crippen molar-refractivity contribution in [2.45, 2.75) is 37.8 Å². The van der Waals surface area contributed by atoms with E-state index in [9.17, 15) is 0 Å². The molecule has 3 nitrogen and oxygen atoms in total. The lowest BCUT2D eigenvalue weighted by Gasteiger charge is -2.31. The zero-order valence-electron chi connectivity index (χ0n) is 6.95. The monoisotopic (exact) mass is 153 g/mol. The van der Waals surface area contributed by atoms with E-state index in [1.165, 1.54) is 18.6 Å². The quantitative estimate of drug-likeness (QED) is 0.408. The summed E-state index contributed by atoms with van der Waals surface area (Å²) in [6, 6.07) is 1.46. The van der Waals surface area contributed by atoms with Crippen LogP contribution in [0.1, 0.15) is 25.7 Å². The summed E-state index contributed by atoms with van der Waals surface area (Å²) in [5, 5.41) is 3.81. The van der Waals surface area contributed by atoms with Crippen molar-refractivity contribution in [2.24, 2.45) is 10.9 Å². The van der Waals surface area contributed by atoms with Crippen molar-refractivity contribution in [3.8, 4) is 0 Å². The molecule has 0 aliphatic carbocycles. The van der Waals surface area contributed by atoms with Gasteiger partial charge in [0.2, 0.25) is 0 Å². The summed E-state index contributed by atoms with van der Waals surface area (Å²) in [5.74, 6) is 5.27. The van der Waals surface area contributed by atoms with Gasteiger partial charge in [-0.2, -0.15) is 5.10 Å². The van der Waals surface area contributed by atoms with E-state index in [0.29, 0.717) is 0 Å². The Hall–Kier alpha value is -0.570. The van der Waals surface area contributed by atoms with Crippen molar-refractivity contribution in [3.63, 3.8) is 0 Å². The van der Waals surface area contributed by atoms with Crippen LogP contribution in [0, 0.1) is 0 Å². The van der Waals surface area contributed by atoms with E-state index in [2.05, 4.69) is 17.0 Å². The Labute approximate surface area is 67.2 Å². The van der Waals surface area contributed by atoms with E-state index in [1.807, 2.05) is 0 Å². The maximum atomic E-state index is 5.27. The first-order valence-electron chi connectivity index (χ1n) is 4.29. The lowest BCUT2D eigenvalue weighted by molar-refractivity contribution is 0.231. The molecule has 62 valence electrons. The second-order valence-electron chi connectivity index (χ2n) is 3.65. The van der Waals surface area contributed by atoms with Crippen molar-refractivity contribution in [1.29, 1.82) is 0 Å². The maximum absolute atomic E-state index is 5.27. The molecule has 0 aromatic carbocycles. The minimum Gasteiger partial charge on any atom is -0.323 e. The summed E-state index contributed by atoms with van der Waals surface area (Å²) in [6.07, 6.45) is 4.87. The van der Waals surface area contributed by atoms with Gasteiger partial charge in [0, 0.05) is 30.6 Å². The molecule has 0 amide bonds. The molecule has 0 radical (unpaired) electrons. The van der Waals surface area contributed by atoms with Gasteiger partial charge in [0.05, 0.1) is 0 Å². The highest BCUT2D eigenvalue weighted by molar-refractivity contribution is 5.86. The largest absolute Gasteiger partial charge is 0.323 e. The molecule has 2 N–H and O–H groups in total. The fourth-order valence-corrected chi connectivity index (χ4v) is 2.32. The fraction of sp³-hybridized carbons (Fsp3) is 0.875. The van der Waals surface area contributed by atoms with Gasteiger partial charge >= 0.3 is 0 Å². The lowest BCUT2D eigenvalue weighted by Crippen LogP contribution is -2.40. The Morgan fingerprint density at radius 3 is 2.36 bits per heavy atom. The van der Waals surface area contributed by atoms with Crippen molar-refractivity contribution in [2.75, 3.05) is 7.05 Å². The van der Waals surface area contributed by atoms with Crippen LogP contribution in [0.5, 0.6) is 0 Å². The number of hydrazone groups is 1. The molecule has 3 heteroatoms. The molecule has 0 aromatic heterocycles. The van der Waals surface area contributed by atoms with Crippen LogP contribution in [0.15, 0.2) is 5.10 Å². The average Bonchev–Trinajstić information content (AvgIpc) is 2.26. The summed E-state index contributed by atoms with van der Waals surface area (Å²) in [4.78, 5) is 2.48. The van der Waals surface area contributed by atoms with E-state index < -0.39 is 0 Å². The van der Waals surface area contributed by atoms with Crippen LogP contribution >= 0.6 is 0 Å². The molecule has 2 aliphatic rings. The van der Waals surface area contributed by atoms with Crippen molar-refractivity contribution < 1.29 is 0 Å². The molecule has 2 rings (SSSR count). The van der Waals surface area contributed by atoms with Crippen molar-refractivity contribution in [1.82, 2.24) is 4.90 Å². The first kappa shape index (κ1) is 7.10. The molecule has 2 fully saturated rings. The van der Waals surface area contributed by atoms with Crippen LogP contribution in [0.2, 0.25) is 0 Å². The van der Waals surface area contributed by atoms with Crippen LogP contribution in [0.4, 0.5) is 0 Å². The molecular weight excluding hydrogens is 138 g/mol. The van der Waals surface area contributed by atoms with Crippen molar-refractivity contribution >= 4 is 5.71 Å². The van der Waals surface area contributed by atoms with Crippen LogP contribution in [0.25, 0.3) is 0 Å². The number of rotatable bonds is 0. The third-order valence-corrected chi connectivity index (χ3v) is 3.11. The van der Waals surface area contributed by atoms with Gasteiger partial charge in [-0.1, -0.05) is 0 Å². The number of hydrogen-bond acceptors (Lipinski definition) is 3. The number of hydrogen-bond donors (Lipinski definition) is 1. The molecular formula is C8H15N3. The molecule has 2 bridgehead atoms. The highest BCUT2D eigenvalue weighted by atomic mass is 15.2. The smallest absolute Gasteiger partial charge is 0.0407 e. The molecule has 2 unspecified atom stereocenters. The van der Waals surface area contributed by atoms with Gasteiger partial charge in [-0.05, 0) is 19.9 Å². The van der Waals surface area contributed by atoms with Crippen LogP contribution in [0.3, 0.4) is 0 Å². The third kappa shape index (κ3) is 1.03. The minimum atomic E-state index is 0.732. The zero-order chi connectivity index (χ0) is 7.84. The van der Waals surface area contributed by atoms with Crippen LogP contribution in [-0.4, -0.2) is 29.7 Å². The van der Waals surface area contributed by atoms with Gasteiger partial charge in [0.15, 0.2) is 0 Å². The standard InChI is InChI=1S/C8H15N3/c1-11-7-2-3-8(11)5-6(4-7)10-9/h7-8H,2-5,9H2,1H3. The van der Waals surface area contributed by atoms with E-state index in [0.717, 1.165) is 24.9 Å². The summed E-state index contributed by atoms with van der Waals surface area (Å²) >= 11 is 0. The predicted octanol–water partition coefficient (Wildman–Crippen LogP) is 0.558. The Bertz CT molecular complexity index is 172. The first-order chi connectivity index (χ1) is 5.31. The Balaban J connectivity index is 2.14. The second kappa shape index (κ2) is 2.48. The summed E-state index contributed by atoms with van der Waals surface area (Å²) in [5.41, 5.74) is 1.22. The Morgan fingerprint density at radius 1 is 1.36 bits per heavy atom. The zero-order valence-corrected chi connectivity index (χ0v) is 6.95. The molecule has 0 aromatic rings. The topological polar surface area (TPSA) is 41.6 Å². The summed E-state index contributed by atoms with van der Waals surface area (Å²) in [6.45, 7) is 0. The van der Waals surface area contributed by atoms with Crippen LogP contribution < -0.4 is 5.84 Å². The van der Waals surface area contributed by atoms with E-state index >= 15 is 0 Å². The van der Waals surface area contributed by atoms with E-state index in [-0.39, 0.29) is 0 Å². The van der Waals surface area contributed by atoms with Gasteiger partial charge in [-0.15, -0.1) is 0 Å². The number of fused-ring (bicyclic) bond motifs is 2. The van der Waals surface area contributed by atoms with Crippen molar-refractivity contribution in [3.05, 3.63) is 0 Å². The highest BCUT2D eigenvalue weighted by Crippen LogP contribution is 2.32. The van der Waals surface area contributed by atoms with Crippen LogP contribution in [-0.2, 0) is 0 Å². The molecule has 2 saturated heterocycles. The Morgan fingerprint density at radius 2 is 1.91 bits per heavy atom. The van der Waals surface area contributed by atoms with Gasteiger partial charge in [0.1, 0.15) is 0 Å². The normalized spacial score (nSPS) is 37.7. The fourth-order valence-electron chi connectivity index (χ4n) is 2.32. The number of nitrogens with zero attached hydrogens (tertiary/aromatic N) is 2. The average molecular weight is 153 g/mol. The van der Waals surface area contributed by atoms with Gasteiger partial charge < -0.3 is 5.84 Å². The number of nitrogens with two attached hydrogens (primary N) is 1. The lowest BCUT2D eigenvalue weighted by atomic mass is 10.0. The molecule has 2 heterocycles. The summed E-state index contributed by atoms with van der Waals surface area (Å²) < 4.78 is 0. The molecule has 11 heavy (non-hydrogen) atoms. The van der Waals surface area contributed by atoms with Gasteiger partial charge in [-0.3, -0.25) is 4.90 Å². The molecule has 0 saturated carbocycles. The second-order valence-corrected chi connectivity index (χ2v) is 3.65. The maximum Gasteiger partial charge on any atom is 0.0407 e. The molecule has 2 atom stereocenters.